The van der Waals surface area contributed by atoms with Crippen LogP contribution >= 0.6 is 0 Å². The van der Waals surface area contributed by atoms with E-state index in [1.807, 2.05) is 0 Å². The van der Waals surface area contributed by atoms with Gasteiger partial charge in [0.2, 0.25) is 5.90 Å². The number of hydrogen-bond donors (Lipinski definition) is 1. The Morgan fingerprint density at radius 3 is 2.82 bits per heavy atom. The molecule has 0 bridgehead atoms. The van der Waals surface area contributed by atoms with Gasteiger partial charge >= 0.3 is 0 Å². The first kappa shape index (κ1) is 10.8. The summed E-state index contributed by atoms with van der Waals surface area (Å²) in [6.45, 7) is 2.23. The molecule has 2 N–H and O–H groups in total. The van der Waals surface area contributed by atoms with E-state index in [0.717, 1.165) is 24.6 Å². The van der Waals surface area contributed by atoms with E-state index < -0.39 is 0 Å². The van der Waals surface area contributed by atoms with Gasteiger partial charge in [-0.25, -0.2) is 4.99 Å². The van der Waals surface area contributed by atoms with Gasteiger partial charge < -0.3 is 10.5 Å². The summed E-state index contributed by atoms with van der Waals surface area (Å²) >= 11 is 0. The molecule has 3 rings (SSSR count). The Kier molecular flexibility index (Phi) is 2.63. The molecule has 90 valence electrons. The van der Waals surface area contributed by atoms with Crippen LogP contribution in [0.25, 0.3) is 0 Å². The van der Waals surface area contributed by atoms with Gasteiger partial charge in [0, 0.05) is 17.5 Å². The van der Waals surface area contributed by atoms with E-state index in [1.165, 1.54) is 24.8 Å². The van der Waals surface area contributed by atoms with Crippen LogP contribution in [0, 0.1) is 0 Å². The molecule has 1 saturated carbocycles. The van der Waals surface area contributed by atoms with Crippen molar-refractivity contribution >= 4 is 5.90 Å². The summed E-state index contributed by atoms with van der Waals surface area (Å²) in [5.41, 5.74) is 8.61. The number of ether oxygens (including phenoxy) is 1. The highest BCUT2D eigenvalue weighted by molar-refractivity contribution is 5.95. The maximum absolute atomic E-state index is 5.94. The van der Waals surface area contributed by atoms with Crippen LogP contribution in [0.1, 0.15) is 30.4 Å². The lowest BCUT2D eigenvalue weighted by Gasteiger charge is -2.41. The molecule has 1 heterocycles. The first-order chi connectivity index (χ1) is 8.34. The lowest BCUT2D eigenvalue weighted by molar-refractivity contribution is 0.253. The molecule has 0 unspecified atom stereocenters. The fraction of sp³-hybridized carbons (Fsp3) is 0.500. The van der Waals surface area contributed by atoms with Crippen LogP contribution in [0.2, 0.25) is 0 Å². The lowest BCUT2D eigenvalue weighted by atomic mass is 9.64. The van der Waals surface area contributed by atoms with Crippen molar-refractivity contribution in [3.05, 3.63) is 35.4 Å². The van der Waals surface area contributed by atoms with Crippen LogP contribution in [0.4, 0.5) is 0 Å². The highest BCUT2D eigenvalue weighted by atomic mass is 16.5. The minimum absolute atomic E-state index is 0.217. The Morgan fingerprint density at radius 1 is 1.35 bits per heavy atom. The van der Waals surface area contributed by atoms with E-state index in [9.17, 15) is 0 Å². The van der Waals surface area contributed by atoms with E-state index >= 15 is 0 Å². The Hall–Kier alpha value is -1.35. The zero-order chi connectivity index (χ0) is 11.7. The largest absolute Gasteiger partial charge is 0.476 e. The molecule has 1 aromatic rings. The van der Waals surface area contributed by atoms with Gasteiger partial charge in [-0.05, 0) is 30.5 Å². The standard InChI is InChI=1S/C14H18N2O/c15-10-14(5-2-6-14)12-4-1-3-11(9-12)13-16-7-8-17-13/h1,3-4,9H,2,5-8,10,15H2. The van der Waals surface area contributed by atoms with Crippen LogP contribution in [0.5, 0.6) is 0 Å². The third kappa shape index (κ3) is 1.75. The Bertz CT molecular complexity index is 444. The molecule has 0 radical (unpaired) electrons. The molecular weight excluding hydrogens is 212 g/mol. The van der Waals surface area contributed by atoms with Crippen molar-refractivity contribution in [1.29, 1.82) is 0 Å². The van der Waals surface area contributed by atoms with E-state index in [-0.39, 0.29) is 5.41 Å². The molecule has 1 aliphatic heterocycles. The summed E-state index contributed by atoms with van der Waals surface area (Å²) in [6, 6.07) is 8.54. The quantitative estimate of drug-likeness (QED) is 0.861. The van der Waals surface area contributed by atoms with Gasteiger partial charge in [0.15, 0.2) is 0 Å². The maximum atomic E-state index is 5.94. The Balaban J connectivity index is 1.93. The molecule has 0 aromatic heterocycles. The smallest absolute Gasteiger partial charge is 0.216 e. The van der Waals surface area contributed by atoms with Gasteiger partial charge in [-0.3, -0.25) is 0 Å². The Morgan fingerprint density at radius 2 is 2.24 bits per heavy atom. The SMILES string of the molecule is NCC1(c2cccc(C3=NCCO3)c2)CCC1. The molecule has 0 atom stereocenters. The van der Waals surface area contributed by atoms with Crippen molar-refractivity contribution in [3.63, 3.8) is 0 Å². The number of aliphatic imine (C=N–C) groups is 1. The van der Waals surface area contributed by atoms with Crippen LogP contribution in [-0.4, -0.2) is 25.6 Å². The highest BCUT2D eigenvalue weighted by Crippen LogP contribution is 2.42. The van der Waals surface area contributed by atoms with Crippen molar-refractivity contribution in [2.75, 3.05) is 19.7 Å². The fourth-order valence-electron chi connectivity index (χ4n) is 2.71. The normalized spacial score (nSPS) is 21.6. The van der Waals surface area contributed by atoms with Gasteiger partial charge in [0.05, 0.1) is 6.54 Å². The second-order valence-electron chi connectivity index (χ2n) is 4.95. The van der Waals surface area contributed by atoms with Gasteiger partial charge in [-0.1, -0.05) is 18.6 Å². The molecule has 0 spiro atoms. The van der Waals surface area contributed by atoms with Crippen molar-refractivity contribution in [3.8, 4) is 0 Å². The topological polar surface area (TPSA) is 47.6 Å². The van der Waals surface area contributed by atoms with Crippen molar-refractivity contribution in [2.45, 2.75) is 24.7 Å². The van der Waals surface area contributed by atoms with Gasteiger partial charge in [0.25, 0.3) is 0 Å². The third-order valence-corrected chi connectivity index (χ3v) is 4.01. The molecule has 2 aliphatic rings. The van der Waals surface area contributed by atoms with Gasteiger partial charge in [0.1, 0.15) is 6.61 Å². The minimum Gasteiger partial charge on any atom is -0.476 e. The summed E-state index contributed by atoms with van der Waals surface area (Å²) < 4.78 is 5.51. The summed E-state index contributed by atoms with van der Waals surface area (Å²) in [5, 5.41) is 0. The van der Waals surface area contributed by atoms with Crippen LogP contribution in [-0.2, 0) is 10.2 Å². The predicted molar refractivity (Wildman–Crippen MR) is 68.4 cm³/mol. The summed E-state index contributed by atoms with van der Waals surface area (Å²) in [4.78, 5) is 4.36. The number of nitrogens with two attached hydrogens (primary N) is 1. The first-order valence-corrected chi connectivity index (χ1v) is 6.32. The molecule has 3 heteroatoms. The number of benzene rings is 1. The fourth-order valence-corrected chi connectivity index (χ4v) is 2.71. The second-order valence-corrected chi connectivity index (χ2v) is 4.95. The molecular formula is C14H18N2O. The molecule has 1 aliphatic carbocycles. The van der Waals surface area contributed by atoms with Crippen LogP contribution in [0.3, 0.4) is 0 Å². The van der Waals surface area contributed by atoms with E-state index in [4.69, 9.17) is 10.5 Å². The molecule has 3 nitrogen and oxygen atoms in total. The van der Waals surface area contributed by atoms with Crippen molar-refractivity contribution < 1.29 is 4.74 Å². The number of nitrogens with zero attached hydrogens (tertiary/aromatic N) is 1. The average Bonchev–Trinajstić information content (AvgIpc) is 2.82. The predicted octanol–water partition coefficient (Wildman–Crippen LogP) is 1.84. The van der Waals surface area contributed by atoms with Gasteiger partial charge in [-0.15, -0.1) is 0 Å². The van der Waals surface area contributed by atoms with Crippen LogP contribution in [0.15, 0.2) is 29.3 Å². The lowest BCUT2D eigenvalue weighted by Crippen LogP contribution is -2.41. The van der Waals surface area contributed by atoms with E-state index in [1.54, 1.807) is 0 Å². The van der Waals surface area contributed by atoms with Crippen molar-refractivity contribution in [2.24, 2.45) is 10.7 Å². The molecule has 1 aromatic carbocycles. The first-order valence-electron chi connectivity index (χ1n) is 6.32. The number of rotatable bonds is 3. The molecule has 0 amide bonds. The Labute approximate surface area is 102 Å². The third-order valence-electron chi connectivity index (χ3n) is 4.01. The molecule has 1 fully saturated rings. The van der Waals surface area contributed by atoms with E-state index in [2.05, 4.69) is 29.3 Å². The summed E-state index contributed by atoms with van der Waals surface area (Å²) in [5.74, 6) is 0.790. The minimum atomic E-state index is 0.217. The second kappa shape index (κ2) is 4.15. The van der Waals surface area contributed by atoms with Crippen molar-refractivity contribution in [1.82, 2.24) is 0 Å². The average molecular weight is 230 g/mol. The number of hydrogen-bond acceptors (Lipinski definition) is 3. The van der Waals surface area contributed by atoms with Crippen LogP contribution < -0.4 is 5.73 Å². The van der Waals surface area contributed by atoms with E-state index in [0.29, 0.717) is 6.61 Å². The monoisotopic (exact) mass is 230 g/mol. The summed E-state index contributed by atoms with van der Waals surface area (Å²) in [7, 11) is 0. The zero-order valence-electron chi connectivity index (χ0n) is 9.98. The molecule has 17 heavy (non-hydrogen) atoms. The van der Waals surface area contributed by atoms with Gasteiger partial charge in [-0.2, -0.15) is 0 Å². The zero-order valence-corrected chi connectivity index (χ0v) is 9.98. The maximum Gasteiger partial charge on any atom is 0.216 e. The highest BCUT2D eigenvalue weighted by Gasteiger charge is 2.37. The molecule has 0 saturated heterocycles. The summed E-state index contributed by atoms with van der Waals surface area (Å²) in [6.07, 6.45) is 3.71.